The number of nitrogens with zero attached hydrogens (tertiary/aromatic N) is 1. The smallest absolute Gasteiger partial charge is 0.226 e. The topological polar surface area (TPSA) is 45.5 Å². The Bertz CT molecular complexity index is 306. The van der Waals surface area contributed by atoms with E-state index in [1.165, 1.54) is 6.92 Å². The van der Waals surface area contributed by atoms with Crippen molar-refractivity contribution in [2.75, 3.05) is 23.3 Å². The van der Waals surface area contributed by atoms with E-state index in [-0.39, 0.29) is 5.91 Å². The molecule has 0 aliphatic carbocycles. The molecule has 0 saturated carbocycles. The van der Waals surface area contributed by atoms with Crippen LogP contribution in [0.2, 0.25) is 0 Å². The van der Waals surface area contributed by atoms with Crippen molar-refractivity contribution in [3.8, 4) is 0 Å². The van der Waals surface area contributed by atoms with Gasteiger partial charge in [0.05, 0.1) is 12.0 Å². The van der Waals surface area contributed by atoms with Crippen LogP contribution in [-0.2, 0) is 4.79 Å². The quantitative estimate of drug-likeness (QED) is 0.626. The Morgan fingerprint density at radius 3 is 3.33 bits per heavy atom. The number of carbonyl (C=O) groups is 1. The number of fused-ring (bicyclic) bond motifs is 1. The van der Waals surface area contributed by atoms with Crippen molar-refractivity contribution in [3.63, 3.8) is 0 Å². The molecule has 0 radical (unpaired) electrons. The summed E-state index contributed by atoms with van der Waals surface area (Å²) in [6.07, 6.45) is 1.58. The highest BCUT2D eigenvalue weighted by molar-refractivity contribution is 5.94. The van der Waals surface area contributed by atoms with Crippen molar-refractivity contribution >= 4 is 17.5 Å². The van der Waals surface area contributed by atoms with Crippen LogP contribution in [-0.4, -0.2) is 19.0 Å². The Balaban J connectivity index is 2.37. The molecular formula is C8H10N2O2. The lowest BCUT2D eigenvalue weighted by Crippen LogP contribution is -2.36. The highest BCUT2D eigenvalue weighted by Gasteiger charge is 2.21. The molecule has 2 heterocycles. The molecule has 12 heavy (non-hydrogen) atoms. The largest absolute Gasteiger partial charge is 0.446 e. The molecule has 1 N–H and O–H groups in total. The normalized spacial score (nSPS) is 15.2. The van der Waals surface area contributed by atoms with E-state index < -0.39 is 0 Å². The third kappa shape index (κ3) is 0.958. The van der Waals surface area contributed by atoms with Crippen molar-refractivity contribution in [3.05, 3.63) is 12.3 Å². The van der Waals surface area contributed by atoms with E-state index in [0.717, 1.165) is 12.2 Å². The second kappa shape index (κ2) is 2.55. The van der Waals surface area contributed by atoms with Gasteiger partial charge in [0.15, 0.2) is 0 Å². The molecule has 1 amide bonds. The average molecular weight is 166 g/mol. The van der Waals surface area contributed by atoms with Gasteiger partial charge in [-0.2, -0.15) is 0 Å². The molecule has 0 fully saturated rings. The van der Waals surface area contributed by atoms with Crippen LogP contribution in [0.25, 0.3) is 0 Å². The van der Waals surface area contributed by atoms with Crippen molar-refractivity contribution in [1.82, 2.24) is 0 Å². The minimum absolute atomic E-state index is 0.0210. The second-order valence-corrected chi connectivity index (χ2v) is 2.74. The standard InChI is InChI=1S/C8H10N2O2/c1-6(11)10-4-3-9-7-2-5-12-8(7)10/h2,5,9H,3-4H2,1H3. The molecule has 64 valence electrons. The fourth-order valence-corrected chi connectivity index (χ4v) is 1.35. The summed E-state index contributed by atoms with van der Waals surface area (Å²) in [6, 6.07) is 1.82. The first-order valence-electron chi connectivity index (χ1n) is 3.88. The van der Waals surface area contributed by atoms with Crippen LogP contribution in [0.5, 0.6) is 0 Å². The number of nitrogens with one attached hydrogen (secondary N) is 1. The molecule has 0 aromatic carbocycles. The van der Waals surface area contributed by atoms with Gasteiger partial charge < -0.3 is 9.73 Å². The minimum atomic E-state index is 0.0210. The SMILES string of the molecule is CC(=O)N1CCNc2ccoc21. The number of hydrogen-bond acceptors (Lipinski definition) is 3. The second-order valence-electron chi connectivity index (χ2n) is 2.74. The number of furan rings is 1. The molecule has 0 spiro atoms. The molecule has 1 aromatic heterocycles. The summed E-state index contributed by atoms with van der Waals surface area (Å²) in [6.45, 7) is 3.00. The maximum absolute atomic E-state index is 11.1. The Morgan fingerprint density at radius 2 is 2.58 bits per heavy atom. The molecule has 0 saturated heterocycles. The molecule has 4 heteroatoms. The van der Waals surface area contributed by atoms with E-state index in [1.54, 1.807) is 11.2 Å². The first-order chi connectivity index (χ1) is 5.79. The zero-order valence-electron chi connectivity index (χ0n) is 6.83. The molecule has 0 unspecified atom stereocenters. The van der Waals surface area contributed by atoms with Gasteiger partial charge in [-0.05, 0) is 0 Å². The van der Waals surface area contributed by atoms with Crippen LogP contribution in [0.3, 0.4) is 0 Å². The summed E-state index contributed by atoms with van der Waals surface area (Å²) < 4.78 is 5.17. The lowest BCUT2D eigenvalue weighted by atomic mass is 10.3. The number of rotatable bonds is 0. The van der Waals surface area contributed by atoms with E-state index >= 15 is 0 Å². The summed E-state index contributed by atoms with van der Waals surface area (Å²) in [7, 11) is 0. The summed E-state index contributed by atoms with van der Waals surface area (Å²) >= 11 is 0. The molecule has 2 rings (SSSR count). The van der Waals surface area contributed by atoms with E-state index in [9.17, 15) is 4.79 Å². The van der Waals surface area contributed by atoms with Crippen LogP contribution in [0.15, 0.2) is 16.7 Å². The van der Waals surface area contributed by atoms with Gasteiger partial charge in [-0.1, -0.05) is 0 Å². The lowest BCUT2D eigenvalue weighted by molar-refractivity contribution is -0.116. The highest BCUT2D eigenvalue weighted by Crippen LogP contribution is 2.29. The fourth-order valence-electron chi connectivity index (χ4n) is 1.35. The van der Waals surface area contributed by atoms with Crippen molar-refractivity contribution in [1.29, 1.82) is 0 Å². The summed E-state index contributed by atoms with van der Waals surface area (Å²) in [5.74, 6) is 0.654. The molecule has 0 bridgehead atoms. The lowest BCUT2D eigenvalue weighted by Gasteiger charge is -2.24. The number of hydrogen-bond donors (Lipinski definition) is 1. The molecule has 1 aliphatic rings. The summed E-state index contributed by atoms with van der Waals surface area (Å²) in [5.41, 5.74) is 0.899. The van der Waals surface area contributed by atoms with E-state index in [1.807, 2.05) is 6.07 Å². The summed E-state index contributed by atoms with van der Waals surface area (Å²) in [5, 5.41) is 3.14. The summed E-state index contributed by atoms with van der Waals surface area (Å²) in [4.78, 5) is 12.7. The zero-order chi connectivity index (χ0) is 8.55. The maximum atomic E-state index is 11.1. The van der Waals surface area contributed by atoms with Gasteiger partial charge in [0.1, 0.15) is 0 Å². The molecule has 4 nitrogen and oxygen atoms in total. The van der Waals surface area contributed by atoms with Gasteiger partial charge in [-0.25, -0.2) is 0 Å². The monoisotopic (exact) mass is 166 g/mol. The number of carbonyl (C=O) groups excluding carboxylic acids is 1. The molecule has 0 atom stereocenters. The van der Waals surface area contributed by atoms with Crippen molar-refractivity contribution < 1.29 is 9.21 Å². The zero-order valence-corrected chi connectivity index (χ0v) is 6.83. The minimum Gasteiger partial charge on any atom is -0.446 e. The Kier molecular flexibility index (Phi) is 1.53. The van der Waals surface area contributed by atoms with Crippen molar-refractivity contribution in [2.45, 2.75) is 6.92 Å². The van der Waals surface area contributed by atoms with E-state index in [0.29, 0.717) is 12.4 Å². The molecular weight excluding hydrogens is 156 g/mol. The Labute approximate surface area is 70.2 Å². The van der Waals surface area contributed by atoms with Gasteiger partial charge >= 0.3 is 0 Å². The number of amides is 1. The fraction of sp³-hybridized carbons (Fsp3) is 0.375. The predicted octanol–water partition coefficient (Wildman–Crippen LogP) is 1.06. The van der Waals surface area contributed by atoms with E-state index in [2.05, 4.69) is 5.32 Å². The number of anilines is 2. The van der Waals surface area contributed by atoms with Gasteiger partial charge in [-0.15, -0.1) is 0 Å². The van der Waals surface area contributed by atoms with Crippen LogP contribution in [0, 0.1) is 0 Å². The third-order valence-electron chi connectivity index (χ3n) is 1.92. The van der Waals surface area contributed by atoms with Crippen LogP contribution >= 0.6 is 0 Å². The van der Waals surface area contributed by atoms with Gasteiger partial charge in [-0.3, -0.25) is 9.69 Å². The first kappa shape index (κ1) is 7.21. The van der Waals surface area contributed by atoms with Crippen LogP contribution in [0.1, 0.15) is 6.92 Å². The van der Waals surface area contributed by atoms with Gasteiger partial charge in [0.25, 0.3) is 0 Å². The molecule has 1 aromatic rings. The third-order valence-corrected chi connectivity index (χ3v) is 1.92. The Hall–Kier alpha value is -1.45. The van der Waals surface area contributed by atoms with Crippen LogP contribution in [0.4, 0.5) is 11.6 Å². The van der Waals surface area contributed by atoms with Gasteiger partial charge in [0, 0.05) is 26.1 Å². The highest BCUT2D eigenvalue weighted by atomic mass is 16.3. The maximum Gasteiger partial charge on any atom is 0.226 e. The Morgan fingerprint density at radius 1 is 1.75 bits per heavy atom. The average Bonchev–Trinajstić information content (AvgIpc) is 2.49. The predicted molar refractivity (Wildman–Crippen MR) is 45.2 cm³/mol. The van der Waals surface area contributed by atoms with Crippen molar-refractivity contribution in [2.24, 2.45) is 0 Å². The van der Waals surface area contributed by atoms with Crippen LogP contribution < -0.4 is 10.2 Å². The first-order valence-corrected chi connectivity index (χ1v) is 3.88. The van der Waals surface area contributed by atoms with E-state index in [4.69, 9.17) is 4.42 Å². The van der Waals surface area contributed by atoms with Gasteiger partial charge in [0.2, 0.25) is 11.8 Å². The molecule has 1 aliphatic heterocycles.